The van der Waals surface area contributed by atoms with Crippen LogP contribution in [0.2, 0.25) is 5.28 Å². The van der Waals surface area contributed by atoms with Gasteiger partial charge in [-0.2, -0.15) is 10.1 Å². The van der Waals surface area contributed by atoms with Gasteiger partial charge in [0, 0.05) is 57.9 Å². The first-order chi connectivity index (χ1) is 16.1. The number of hydrogen-bond acceptors (Lipinski definition) is 13. The van der Waals surface area contributed by atoms with Crippen LogP contribution in [0.4, 0.5) is 17.7 Å². The summed E-state index contributed by atoms with van der Waals surface area (Å²) in [6, 6.07) is 0. The lowest BCUT2D eigenvalue weighted by atomic mass is 10.3. The molecule has 1 unspecified atom stereocenters. The molecule has 2 aromatic heterocycles. The molecule has 2 N–H and O–H groups in total. The van der Waals surface area contributed by atoms with Gasteiger partial charge in [0.15, 0.2) is 5.82 Å². The topological polar surface area (TPSA) is 133 Å². The van der Waals surface area contributed by atoms with E-state index in [4.69, 9.17) is 16.3 Å². The SMILES string of the molecule is C=NN(/C=C(\C)Nc1ncnc(N2CCN(c3cnc(Cl)nn3)CC2)n1)CC1CNCCO1. The highest BCUT2D eigenvalue weighted by molar-refractivity contribution is 6.28. The quantitative estimate of drug-likeness (QED) is 0.400. The summed E-state index contributed by atoms with van der Waals surface area (Å²) in [6.07, 6.45) is 5.05. The van der Waals surface area contributed by atoms with Gasteiger partial charge in [0.25, 0.3) is 0 Å². The zero-order chi connectivity index (χ0) is 23.0. The molecule has 33 heavy (non-hydrogen) atoms. The molecule has 0 spiro atoms. The van der Waals surface area contributed by atoms with Crippen LogP contribution in [-0.4, -0.2) is 100 Å². The molecule has 1 atom stereocenters. The van der Waals surface area contributed by atoms with Crippen molar-refractivity contribution in [1.82, 2.24) is 40.5 Å². The molecule has 0 bridgehead atoms. The number of allylic oxidation sites excluding steroid dienone is 1. The van der Waals surface area contributed by atoms with E-state index in [2.05, 4.69) is 62.4 Å². The van der Waals surface area contributed by atoms with Crippen LogP contribution in [0, 0.1) is 0 Å². The molecule has 4 heterocycles. The molecule has 2 fully saturated rings. The number of nitrogens with zero attached hydrogens (tertiary/aromatic N) is 10. The van der Waals surface area contributed by atoms with Crippen LogP contribution in [0.3, 0.4) is 0 Å². The monoisotopic (exact) mass is 474 g/mol. The van der Waals surface area contributed by atoms with E-state index >= 15 is 0 Å². The van der Waals surface area contributed by atoms with Crippen LogP contribution in [0.15, 0.2) is 29.5 Å². The van der Waals surface area contributed by atoms with E-state index in [1.54, 1.807) is 11.2 Å². The number of anilines is 3. The van der Waals surface area contributed by atoms with Crippen LogP contribution >= 0.6 is 11.6 Å². The summed E-state index contributed by atoms with van der Waals surface area (Å²) in [5, 5.41) is 20.4. The molecule has 2 aromatic rings. The Balaban J connectivity index is 1.33. The minimum absolute atomic E-state index is 0.0605. The van der Waals surface area contributed by atoms with Gasteiger partial charge in [-0.05, 0) is 18.5 Å². The largest absolute Gasteiger partial charge is 0.374 e. The number of piperazine rings is 1. The Labute approximate surface area is 196 Å². The maximum absolute atomic E-state index is 5.73. The van der Waals surface area contributed by atoms with E-state index < -0.39 is 0 Å². The number of ether oxygens (including phenoxy) is 1. The predicted octanol–water partition coefficient (Wildman–Crippen LogP) is 0.216. The van der Waals surface area contributed by atoms with Crippen molar-refractivity contribution in [3.8, 4) is 0 Å². The number of aromatic nitrogens is 6. The van der Waals surface area contributed by atoms with Crippen molar-refractivity contribution >= 4 is 36.0 Å². The van der Waals surface area contributed by atoms with Gasteiger partial charge >= 0.3 is 0 Å². The molecule has 2 saturated heterocycles. The Bertz CT molecular complexity index is 944. The summed E-state index contributed by atoms with van der Waals surface area (Å²) in [6.45, 7) is 11.5. The summed E-state index contributed by atoms with van der Waals surface area (Å²) in [5.74, 6) is 1.77. The van der Waals surface area contributed by atoms with E-state index in [1.807, 2.05) is 13.1 Å². The number of hydrogen-bond donors (Lipinski definition) is 2. The molecule has 0 aliphatic carbocycles. The molecule has 0 aromatic carbocycles. The number of halogens is 1. The van der Waals surface area contributed by atoms with Crippen molar-refractivity contribution in [1.29, 1.82) is 0 Å². The van der Waals surface area contributed by atoms with Crippen molar-refractivity contribution in [2.75, 3.05) is 67.5 Å². The third-order valence-electron chi connectivity index (χ3n) is 5.20. The summed E-state index contributed by atoms with van der Waals surface area (Å²) in [4.78, 5) is 21.4. The maximum Gasteiger partial charge on any atom is 0.243 e. The molecule has 2 aliphatic rings. The van der Waals surface area contributed by atoms with E-state index in [-0.39, 0.29) is 11.4 Å². The first-order valence-electron chi connectivity index (χ1n) is 10.7. The number of hydrazone groups is 1. The summed E-state index contributed by atoms with van der Waals surface area (Å²) >= 11 is 5.72. The van der Waals surface area contributed by atoms with E-state index in [0.717, 1.165) is 45.0 Å². The van der Waals surface area contributed by atoms with Crippen LogP contribution < -0.4 is 20.4 Å². The highest BCUT2D eigenvalue weighted by Gasteiger charge is 2.21. The molecular weight excluding hydrogens is 448 g/mol. The Morgan fingerprint density at radius 1 is 1.30 bits per heavy atom. The second-order valence-electron chi connectivity index (χ2n) is 7.57. The Kier molecular flexibility index (Phi) is 7.75. The van der Waals surface area contributed by atoms with E-state index in [1.165, 1.54) is 6.33 Å². The minimum atomic E-state index is 0.0605. The second-order valence-corrected chi connectivity index (χ2v) is 7.90. The first-order valence-corrected chi connectivity index (χ1v) is 11.0. The Morgan fingerprint density at radius 2 is 2.12 bits per heavy atom. The molecule has 0 amide bonds. The molecule has 176 valence electrons. The third-order valence-corrected chi connectivity index (χ3v) is 5.37. The highest BCUT2D eigenvalue weighted by atomic mass is 35.5. The standard InChI is InChI=1S/C19H27ClN12O/c1-14(11-32(21-2)12-15-9-22-3-8-33-15)26-18-24-13-25-19(27-18)31-6-4-30(5-7-31)16-10-23-17(20)29-28-16/h10-11,13,15,22H,2-9,12H2,1H3,(H,24,25,26,27)/b14-11+. The molecule has 13 nitrogen and oxygen atoms in total. The smallest absolute Gasteiger partial charge is 0.243 e. The normalized spacial score (nSPS) is 19.3. The maximum atomic E-state index is 5.73. The second kappa shape index (κ2) is 11.1. The third kappa shape index (κ3) is 6.43. The van der Waals surface area contributed by atoms with Crippen LogP contribution in [0.1, 0.15) is 6.92 Å². The fraction of sp³-hybridized carbons (Fsp3) is 0.526. The van der Waals surface area contributed by atoms with Gasteiger partial charge < -0.3 is 25.2 Å². The lowest BCUT2D eigenvalue weighted by Crippen LogP contribution is -2.47. The van der Waals surface area contributed by atoms with Crippen molar-refractivity contribution in [3.05, 3.63) is 29.7 Å². The van der Waals surface area contributed by atoms with E-state index in [0.29, 0.717) is 30.9 Å². The Morgan fingerprint density at radius 3 is 2.82 bits per heavy atom. The average Bonchev–Trinajstić information content (AvgIpc) is 2.85. The molecule has 2 aliphatic heterocycles. The molecular formula is C19H27ClN12O. The van der Waals surface area contributed by atoms with Gasteiger partial charge in [-0.3, -0.25) is 5.01 Å². The van der Waals surface area contributed by atoms with Gasteiger partial charge in [-0.15, -0.1) is 10.2 Å². The van der Waals surface area contributed by atoms with Gasteiger partial charge in [0.05, 0.1) is 25.5 Å². The molecule has 4 rings (SSSR count). The van der Waals surface area contributed by atoms with Crippen molar-refractivity contribution in [2.24, 2.45) is 5.10 Å². The zero-order valence-corrected chi connectivity index (χ0v) is 19.2. The highest BCUT2D eigenvalue weighted by Crippen LogP contribution is 2.16. The van der Waals surface area contributed by atoms with Crippen molar-refractivity contribution in [3.63, 3.8) is 0 Å². The molecule has 14 heteroatoms. The van der Waals surface area contributed by atoms with Crippen molar-refractivity contribution in [2.45, 2.75) is 13.0 Å². The van der Waals surface area contributed by atoms with Gasteiger partial charge in [0.1, 0.15) is 6.33 Å². The minimum Gasteiger partial charge on any atom is -0.374 e. The van der Waals surface area contributed by atoms with Gasteiger partial charge in [0.2, 0.25) is 17.2 Å². The number of nitrogens with one attached hydrogen (secondary N) is 2. The predicted molar refractivity (Wildman–Crippen MR) is 125 cm³/mol. The first kappa shape index (κ1) is 23.0. The molecule has 0 radical (unpaired) electrons. The van der Waals surface area contributed by atoms with Crippen LogP contribution in [0.5, 0.6) is 0 Å². The summed E-state index contributed by atoms with van der Waals surface area (Å²) in [5.41, 5.74) is 0.821. The summed E-state index contributed by atoms with van der Waals surface area (Å²) in [7, 11) is 0. The fourth-order valence-corrected chi connectivity index (χ4v) is 3.65. The summed E-state index contributed by atoms with van der Waals surface area (Å²) < 4.78 is 5.73. The molecule has 0 saturated carbocycles. The number of rotatable bonds is 8. The van der Waals surface area contributed by atoms with Crippen LogP contribution in [-0.2, 0) is 4.74 Å². The van der Waals surface area contributed by atoms with Gasteiger partial charge in [-0.1, -0.05) is 0 Å². The Hall–Kier alpha value is -3.16. The van der Waals surface area contributed by atoms with E-state index in [9.17, 15) is 0 Å². The average molecular weight is 475 g/mol. The van der Waals surface area contributed by atoms with Crippen molar-refractivity contribution < 1.29 is 4.74 Å². The fourth-order valence-electron chi connectivity index (χ4n) is 3.56. The lowest BCUT2D eigenvalue weighted by Gasteiger charge is -2.34. The van der Waals surface area contributed by atoms with Gasteiger partial charge in [-0.25, -0.2) is 15.0 Å². The van der Waals surface area contributed by atoms with Crippen LogP contribution in [0.25, 0.3) is 0 Å². The zero-order valence-electron chi connectivity index (χ0n) is 18.4. The lowest BCUT2D eigenvalue weighted by molar-refractivity contribution is 0.0138. The number of morpholine rings is 1.